The van der Waals surface area contributed by atoms with Crippen LogP contribution < -0.4 is 19.8 Å². The van der Waals surface area contributed by atoms with Crippen molar-refractivity contribution in [2.45, 2.75) is 37.0 Å². The molecule has 0 radical (unpaired) electrons. The molecule has 1 aromatic carbocycles. The first-order valence-corrected chi connectivity index (χ1v) is 13.0. The summed E-state index contributed by atoms with van der Waals surface area (Å²) in [5.74, 6) is -3.04. The molecule has 1 aliphatic heterocycles. The van der Waals surface area contributed by atoms with E-state index in [0.29, 0.717) is 18.5 Å². The Morgan fingerprint density at radius 3 is 2.85 bits per heavy atom. The highest BCUT2D eigenvalue weighted by Gasteiger charge is 2.58. The highest BCUT2D eigenvalue weighted by molar-refractivity contribution is 6.59. The van der Waals surface area contributed by atoms with Gasteiger partial charge in [-0.15, -0.1) is 5.10 Å². The minimum atomic E-state index is -2.73. The fourth-order valence-electron chi connectivity index (χ4n) is 3.28. The van der Waals surface area contributed by atoms with Crippen molar-refractivity contribution in [3.05, 3.63) is 34.9 Å². The van der Waals surface area contributed by atoms with Crippen LogP contribution in [0.5, 0.6) is 11.8 Å². The predicted octanol–water partition coefficient (Wildman–Crippen LogP) is 2.16. The maximum absolute atomic E-state index is 13.4. The zero-order chi connectivity index (χ0) is 23.4. The molecule has 2 N–H and O–H groups in total. The van der Waals surface area contributed by atoms with Gasteiger partial charge in [0.05, 0.1) is 17.7 Å². The molecule has 1 aliphatic carbocycles. The summed E-state index contributed by atoms with van der Waals surface area (Å²) in [6, 6.07) is 4.59. The van der Waals surface area contributed by atoms with Crippen LogP contribution in [0.2, 0.25) is 11.1 Å². The standard InChI is InChI=1S/C19H22ClF3N4O5Si/c20-12-2-1-11(7-13(12)21)31-9-16(28)27-33-6-3-14(24-10-33)17-25-26-18(32-17)30-5-4-29-15-8-19(15,22)23/h1-2,7,14-15,24,33H,3-6,8-10H2,(H,27,28)/t14-,15-,33+/m1/s1. The number of ether oxygens (including phenoxy) is 3. The Kier molecular flexibility index (Phi) is 7.41. The summed E-state index contributed by atoms with van der Waals surface area (Å²) in [5, 5.41) is 11.0. The van der Waals surface area contributed by atoms with E-state index in [1.165, 1.54) is 12.1 Å². The van der Waals surface area contributed by atoms with Crippen LogP contribution in [0.3, 0.4) is 0 Å². The molecule has 9 nitrogen and oxygen atoms in total. The normalized spacial score (nSPS) is 23.7. The zero-order valence-corrected chi connectivity index (χ0v) is 19.3. The van der Waals surface area contributed by atoms with E-state index in [1.54, 1.807) is 0 Å². The van der Waals surface area contributed by atoms with Crippen LogP contribution in [0.15, 0.2) is 22.6 Å². The topological polar surface area (TPSA) is 108 Å². The maximum atomic E-state index is 13.4. The van der Waals surface area contributed by atoms with Gasteiger partial charge in [0, 0.05) is 18.7 Å². The predicted molar refractivity (Wildman–Crippen MR) is 111 cm³/mol. The van der Waals surface area contributed by atoms with E-state index in [9.17, 15) is 18.0 Å². The molecule has 0 spiro atoms. The smallest absolute Gasteiger partial charge is 0.414 e. The summed E-state index contributed by atoms with van der Waals surface area (Å²) in [6.45, 7) is -0.193. The Labute approximate surface area is 193 Å². The lowest BCUT2D eigenvalue weighted by molar-refractivity contribution is -0.121. The van der Waals surface area contributed by atoms with Crippen LogP contribution in [0, 0.1) is 5.82 Å². The molecule has 2 aromatic rings. The van der Waals surface area contributed by atoms with Gasteiger partial charge in [-0.25, -0.2) is 13.2 Å². The molecule has 2 fully saturated rings. The van der Waals surface area contributed by atoms with E-state index in [-0.39, 0.29) is 55.0 Å². The first kappa shape index (κ1) is 23.8. The maximum Gasteiger partial charge on any atom is 0.414 e. The molecule has 0 bridgehead atoms. The van der Waals surface area contributed by atoms with E-state index < -0.39 is 26.8 Å². The molecule has 2 heterocycles. The molecule has 1 amide bonds. The molecule has 2 aliphatic rings. The SMILES string of the molecule is O=C(COc1ccc(Cl)c(F)c1)N[Si@H]1CC[C@H](c2nnc(OCCO[C@@H]3CC3(F)F)o2)NC1. The Bertz CT molecular complexity index is 977. The first-order chi connectivity index (χ1) is 15.8. The van der Waals surface area contributed by atoms with Crippen molar-refractivity contribution >= 4 is 26.5 Å². The molecular formula is C19H22ClF3N4O5Si. The van der Waals surface area contributed by atoms with Gasteiger partial charge in [0.1, 0.15) is 24.3 Å². The van der Waals surface area contributed by atoms with Gasteiger partial charge in [-0.2, -0.15) is 0 Å². The second-order valence-corrected chi connectivity index (χ2v) is 10.8. The lowest BCUT2D eigenvalue weighted by Crippen LogP contribution is -2.51. The molecule has 1 saturated carbocycles. The molecule has 180 valence electrons. The molecule has 14 heteroatoms. The molecule has 4 rings (SSSR count). The number of hydrogen-bond acceptors (Lipinski definition) is 8. The van der Waals surface area contributed by atoms with Crippen molar-refractivity contribution in [3.8, 4) is 11.8 Å². The van der Waals surface area contributed by atoms with Gasteiger partial charge in [-0.05, 0) is 24.6 Å². The molecule has 33 heavy (non-hydrogen) atoms. The Morgan fingerprint density at radius 1 is 1.33 bits per heavy atom. The van der Waals surface area contributed by atoms with Crippen LogP contribution >= 0.6 is 11.6 Å². The molecule has 1 aromatic heterocycles. The second-order valence-electron chi connectivity index (χ2n) is 7.75. The average Bonchev–Trinajstić information content (AvgIpc) is 3.17. The van der Waals surface area contributed by atoms with Gasteiger partial charge in [0.15, 0.2) is 15.6 Å². The van der Waals surface area contributed by atoms with Gasteiger partial charge >= 0.3 is 6.08 Å². The summed E-state index contributed by atoms with van der Waals surface area (Å²) in [6.07, 6.45) is -0.0574. The average molecular weight is 507 g/mol. The van der Waals surface area contributed by atoms with E-state index >= 15 is 0 Å². The summed E-state index contributed by atoms with van der Waals surface area (Å²) in [5.41, 5.74) is 0. The molecular weight excluding hydrogens is 485 g/mol. The van der Waals surface area contributed by atoms with Gasteiger partial charge < -0.3 is 28.9 Å². The number of alkyl halides is 2. The summed E-state index contributed by atoms with van der Waals surface area (Å²) >= 11 is 5.62. The first-order valence-electron chi connectivity index (χ1n) is 10.4. The third-order valence-corrected chi connectivity index (χ3v) is 7.95. The van der Waals surface area contributed by atoms with Crippen molar-refractivity contribution in [2.75, 3.05) is 26.0 Å². The van der Waals surface area contributed by atoms with Gasteiger partial charge in [-0.1, -0.05) is 16.7 Å². The third kappa shape index (κ3) is 6.59. The number of halogens is 4. The lowest BCUT2D eigenvalue weighted by atomic mass is 10.2. The molecule has 0 unspecified atom stereocenters. The largest absolute Gasteiger partial charge is 0.484 e. The Hall–Kier alpha value is -2.35. The fraction of sp³-hybridized carbons (Fsp3) is 0.526. The summed E-state index contributed by atoms with van der Waals surface area (Å²) in [4.78, 5) is 15.1. The summed E-state index contributed by atoms with van der Waals surface area (Å²) < 4.78 is 59.9. The van der Waals surface area contributed by atoms with Crippen molar-refractivity contribution in [3.63, 3.8) is 0 Å². The lowest BCUT2D eigenvalue weighted by Gasteiger charge is -2.27. The number of aromatic nitrogens is 2. The monoisotopic (exact) mass is 506 g/mol. The second kappa shape index (κ2) is 10.3. The van der Waals surface area contributed by atoms with Crippen LogP contribution in [-0.4, -0.2) is 63.1 Å². The number of amides is 1. The number of benzene rings is 1. The van der Waals surface area contributed by atoms with Crippen molar-refractivity contribution in [2.24, 2.45) is 0 Å². The van der Waals surface area contributed by atoms with Crippen molar-refractivity contribution in [1.29, 1.82) is 0 Å². The van der Waals surface area contributed by atoms with E-state index in [1.807, 2.05) is 0 Å². The highest BCUT2D eigenvalue weighted by atomic mass is 35.5. The van der Waals surface area contributed by atoms with Crippen molar-refractivity contribution in [1.82, 2.24) is 20.5 Å². The van der Waals surface area contributed by atoms with Gasteiger partial charge in [-0.3, -0.25) is 4.79 Å². The van der Waals surface area contributed by atoms with Gasteiger partial charge in [0.2, 0.25) is 11.8 Å². The quantitative estimate of drug-likeness (QED) is 0.373. The van der Waals surface area contributed by atoms with E-state index in [2.05, 4.69) is 20.5 Å². The molecule has 3 atom stereocenters. The number of nitrogens with zero attached hydrogens (tertiary/aromatic N) is 2. The number of hydrogen-bond donors (Lipinski definition) is 2. The number of carbonyl (C=O) groups excluding carboxylic acids is 1. The van der Waals surface area contributed by atoms with Gasteiger partial charge in [0.25, 0.3) is 5.92 Å². The number of nitrogens with one attached hydrogen (secondary N) is 2. The number of rotatable bonds is 10. The minimum absolute atomic E-state index is 0.00327. The Morgan fingerprint density at radius 2 is 2.15 bits per heavy atom. The van der Waals surface area contributed by atoms with Crippen LogP contribution in [-0.2, 0) is 9.53 Å². The van der Waals surface area contributed by atoms with E-state index in [0.717, 1.165) is 12.1 Å². The van der Waals surface area contributed by atoms with Crippen LogP contribution in [0.1, 0.15) is 24.8 Å². The van der Waals surface area contributed by atoms with Crippen LogP contribution in [0.25, 0.3) is 0 Å². The van der Waals surface area contributed by atoms with Crippen molar-refractivity contribution < 1.29 is 36.6 Å². The molecule has 1 saturated heterocycles. The fourth-order valence-corrected chi connectivity index (χ4v) is 5.69. The summed E-state index contributed by atoms with van der Waals surface area (Å²) in [7, 11) is -1.61. The Balaban J connectivity index is 1.13. The highest BCUT2D eigenvalue weighted by Crippen LogP contribution is 2.44. The third-order valence-electron chi connectivity index (χ3n) is 5.16. The number of carbonyl (C=O) groups is 1. The zero-order valence-electron chi connectivity index (χ0n) is 17.4. The minimum Gasteiger partial charge on any atom is -0.484 e. The van der Waals surface area contributed by atoms with E-state index in [4.69, 9.17) is 30.2 Å². The van der Waals surface area contributed by atoms with Crippen LogP contribution in [0.4, 0.5) is 13.2 Å².